The molecule has 0 radical (unpaired) electrons. The first-order valence-electron chi connectivity index (χ1n) is 7.85. The van der Waals surface area contributed by atoms with E-state index >= 15 is 0 Å². The van der Waals surface area contributed by atoms with Crippen LogP contribution >= 0.6 is 12.2 Å². The van der Waals surface area contributed by atoms with Gasteiger partial charge in [0, 0.05) is 11.9 Å². The lowest BCUT2D eigenvalue weighted by molar-refractivity contribution is 0.432. The number of pyridine rings is 1. The fourth-order valence-electron chi connectivity index (χ4n) is 3.09. The molecule has 3 aromatic rings. The van der Waals surface area contributed by atoms with Crippen molar-refractivity contribution in [2.24, 2.45) is 0 Å². The van der Waals surface area contributed by atoms with Gasteiger partial charge in [0.1, 0.15) is 11.8 Å². The van der Waals surface area contributed by atoms with Crippen molar-refractivity contribution in [1.29, 1.82) is 0 Å². The first-order chi connectivity index (χ1) is 11.7. The summed E-state index contributed by atoms with van der Waals surface area (Å²) in [5.74, 6) is 0.860. The first-order valence-corrected chi connectivity index (χ1v) is 8.25. The predicted molar refractivity (Wildman–Crippen MR) is 97.8 cm³/mol. The van der Waals surface area contributed by atoms with Crippen LogP contribution in [0.3, 0.4) is 0 Å². The van der Waals surface area contributed by atoms with Crippen LogP contribution in [-0.4, -0.2) is 10.1 Å². The summed E-state index contributed by atoms with van der Waals surface area (Å²) in [6.45, 7) is 2.07. The molecule has 0 amide bonds. The number of nitrogens with one attached hydrogen (secondary N) is 1. The summed E-state index contributed by atoms with van der Waals surface area (Å²) in [7, 11) is 0. The van der Waals surface area contributed by atoms with E-state index < -0.39 is 0 Å². The molecule has 1 N–H and O–H groups in total. The number of nitrogens with zero attached hydrogens (tertiary/aromatic N) is 2. The molecule has 1 aliphatic rings. The molecule has 0 saturated carbocycles. The quantitative estimate of drug-likeness (QED) is 0.728. The maximum Gasteiger partial charge on any atom is 0.174 e. The summed E-state index contributed by atoms with van der Waals surface area (Å²) in [4.78, 5) is 6.61. The molecule has 1 aromatic carbocycles. The standard InChI is InChI=1S/C19H17N3OS/c1-13-7-9-14(10-8-13)22-18(16-6-4-12-23-16)17(21-19(22)24)15-5-2-3-11-20-15/h2-12,17-18H,1H3,(H,21,24). The maximum atomic E-state index is 5.72. The van der Waals surface area contributed by atoms with Crippen LogP contribution in [0.25, 0.3) is 0 Å². The third-order valence-corrected chi connectivity index (χ3v) is 4.56. The van der Waals surface area contributed by atoms with Gasteiger partial charge in [-0.05, 0) is 55.5 Å². The Hall–Kier alpha value is -2.66. The molecule has 0 bridgehead atoms. The molecule has 120 valence electrons. The molecule has 4 nitrogen and oxygen atoms in total. The average molecular weight is 335 g/mol. The number of hydrogen-bond donors (Lipinski definition) is 1. The van der Waals surface area contributed by atoms with Crippen LogP contribution in [0.1, 0.15) is 29.1 Å². The Morgan fingerprint density at radius 2 is 1.92 bits per heavy atom. The summed E-state index contributed by atoms with van der Waals surface area (Å²) in [5, 5.41) is 4.08. The molecule has 5 heteroatoms. The highest BCUT2D eigenvalue weighted by molar-refractivity contribution is 7.80. The zero-order valence-electron chi connectivity index (χ0n) is 13.2. The van der Waals surface area contributed by atoms with Gasteiger partial charge in [0.2, 0.25) is 0 Å². The van der Waals surface area contributed by atoms with Crippen LogP contribution in [0.4, 0.5) is 5.69 Å². The zero-order valence-corrected chi connectivity index (χ0v) is 14.0. The van der Waals surface area contributed by atoms with Crippen LogP contribution in [0.2, 0.25) is 0 Å². The Kier molecular flexibility index (Phi) is 3.78. The largest absolute Gasteiger partial charge is 0.467 e. The normalized spacial score (nSPS) is 20.2. The summed E-state index contributed by atoms with van der Waals surface area (Å²) in [5.41, 5.74) is 3.20. The topological polar surface area (TPSA) is 41.3 Å². The maximum absolute atomic E-state index is 5.72. The van der Waals surface area contributed by atoms with E-state index in [1.54, 1.807) is 12.5 Å². The van der Waals surface area contributed by atoms with E-state index in [0.717, 1.165) is 17.1 Å². The van der Waals surface area contributed by atoms with Crippen LogP contribution < -0.4 is 10.2 Å². The molecule has 4 rings (SSSR count). The Bertz CT molecular complexity index is 831. The highest BCUT2D eigenvalue weighted by Crippen LogP contribution is 2.41. The minimum Gasteiger partial charge on any atom is -0.467 e. The SMILES string of the molecule is Cc1ccc(N2C(=S)NC(c3ccccn3)C2c2ccco2)cc1. The molecule has 2 unspecified atom stereocenters. The molecule has 24 heavy (non-hydrogen) atoms. The van der Waals surface area contributed by atoms with Gasteiger partial charge in [-0.15, -0.1) is 0 Å². The summed E-state index contributed by atoms with van der Waals surface area (Å²) in [6, 6.07) is 18.0. The molecule has 1 saturated heterocycles. The van der Waals surface area contributed by atoms with Crippen LogP contribution in [-0.2, 0) is 0 Å². The van der Waals surface area contributed by atoms with Crippen molar-refractivity contribution >= 4 is 23.0 Å². The van der Waals surface area contributed by atoms with Crippen molar-refractivity contribution < 1.29 is 4.42 Å². The minimum absolute atomic E-state index is 0.0637. The minimum atomic E-state index is -0.0786. The monoisotopic (exact) mass is 335 g/mol. The van der Waals surface area contributed by atoms with Gasteiger partial charge >= 0.3 is 0 Å². The van der Waals surface area contributed by atoms with Crippen molar-refractivity contribution in [3.63, 3.8) is 0 Å². The van der Waals surface area contributed by atoms with Crippen molar-refractivity contribution in [3.05, 3.63) is 84.1 Å². The van der Waals surface area contributed by atoms with E-state index in [9.17, 15) is 0 Å². The van der Waals surface area contributed by atoms with Crippen molar-refractivity contribution in [3.8, 4) is 0 Å². The number of rotatable bonds is 3. The number of furan rings is 1. The lowest BCUT2D eigenvalue weighted by Crippen LogP contribution is -2.29. The van der Waals surface area contributed by atoms with Gasteiger partial charge in [-0.2, -0.15) is 0 Å². The van der Waals surface area contributed by atoms with E-state index in [2.05, 4.69) is 46.4 Å². The number of thiocarbonyl (C=S) groups is 1. The second-order valence-electron chi connectivity index (χ2n) is 5.85. The van der Waals surface area contributed by atoms with E-state index in [0.29, 0.717) is 5.11 Å². The van der Waals surface area contributed by atoms with Crippen molar-refractivity contribution in [2.75, 3.05) is 4.90 Å². The predicted octanol–water partition coefficient (Wildman–Crippen LogP) is 4.16. The smallest absolute Gasteiger partial charge is 0.174 e. The fraction of sp³-hybridized carbons (Fsp3) is 0.158. The second kappa shape index (κ2) is 6.09. The van der Waals surface area contributed by atoms with Gasteiger partial charge in [0.15, 0.2) is 5.11 Å². The van der Waals surface area contributed by atoms with Crippen LogP contribution in [0.15, 0.2) is 71.5 Å². The van der Waals surface area contributed by atoms with E-state index in [1.165, 1.54) is 5.56 Å². The molecular weight excluding hydrogens is 318 g/mol. The van der Waals surface area contributed by atoms with Crippen molar-refractivity contribution in [2.45, 2.75) is 19.0 Å². The second-order valence-corrected chi connectivity index (χ2v) is 6.23. The van der Waals surface area contributed by atoms with E-state index in [-0.39, 0.29) is 12.1 Å². The van der Waals surface area contributed by atoms with Gasteiger partial charge in [-0.1, -0.05) is 23.8 Å². The zero-order chi connectivity index (χ0) is 16.5. The summed E-state index contributed by atoms with van der Waals surface area (Å²) in [6.07, 6.45) is 3.49. The summed E-state index contributed by atoms with van der Waals surface area (Å²) >= 11 is 5.63. The average Bonchev–Trinajstić information content (AvgIpc) is 3.24. The Labute approximate surface area is 146 Å². The highest BCUT2D eigenvalue weighted by atomic mass is 32.1. The van der Waals surface area contributed by atoms with Gasteiger partial charge < -0.3 is 14.6 Å². The van der Waals surface area contributed by atoms with E-state index in [4.69, 9.17) is 16.6 Å². The molecule has 2 atom stereocenters. The Morgan fingerprint density at radius 1 is 1.08 bits per heavy atom. The number of aromatic nitrogens is 1. The number of hydrogen-bond acceptors (Lipinski definition) is 3. The Balaban J connectivity index is 1.80. The van der Waals surface area contributed by atoms with Gasteiger partial charge in [0.25, 0.3) is 0 Å². The fourth-order valence-corrected chi connectivity index (χ4v) is 3.43. The third-order valence-electron chi connectivity index (χ3n) is 4.24. The Morgan fingerprint density at radius 3 is 2.58 bits per heavy atom. The highest BCUT2D eigenvalue weighted by Gasteiger charge is 2.42. The first kappa shape index (κ1) is 14.9. The molecule has 1 fully saturated rings. The van der Waals surface area contributed by atoms with Crippen LogP contribution in [0, 0.1) is 6.92 Å². The van der Waals surface area contributed by atoms with Gasteiger partial charge in [0.05, 0.1) is 18.0 Å². The molecule has 3 heterocycles. The number of anilines is 1. The lowest BCUT2D eigenvalue weighted by atomic mass is 10.0. The molecule has 0 aliphatic carbocycles. The van der Waals surface area contributed by atoms with Gasteiger partial charge in [-0.3, -0.25) is 4.98 Å². The number of benzene rings is 1. The van der Waals surface area contributed by atoms with Crippen molar-refractivity contribution in [1.82, 2.24) is 10.3 Å². The summed E-state index contributed by atoms with van der Waals surface area (Å²) < 4.78 is 5.72. The molecule has 1 aliphatic heterocycles. The van der Waals surface area contributed by atoms with Gasteiger partial charge in [-0.25, -0.2) is 0 Å². The molecular formula is C19H17N3OS. The van der Waals surface area contributed by atoms with Crippen LogP contribution in [0.5, 0.6) is 0 Å². The third kappa shape index (κ3) is 2.57. The molecule has 0 spiro atoms. The number of aryl methyl sites for hydroxylation is 1. The molecule has 2 aromatic heterocycles. The van der Waals surface area contributed by atoms with E-state index in [1.807, 2.05) is 30.3 Å². The lowest BCUT2D eigenvalue weighted by Gasteiger charge is -2.26.